The first-order valence-electron chi connectivity index (χ1n) is 6.91. The van der Waals surface area contributed by atoms with E-state index in [0.29, 0.717) is 19.6 Å². The summed E-state index contributed by atoms with van der Waals surface area (Å²) in [6.45, 7) is 3.62. The van der Waals surface area contributed by atoms with Gasteiger partial charge in [-0.05, 0) is 30.8 Å². The molecule has 2 fully saturated rings. The number of anilines is 1. The monoisotopic (exact) mass is 278 g/mol. The van der Waals surface area contributed by atoms with E-state index in [4.69, 9.17) is 0 Å². The highest BCUT2D eigenvalue weighted by molar-refractivity contribution is 5.77. The number of carbonyl (C=O) groups excluding carboxylic acids is 1. The lowest BCUT2D eigenvalue weighted by Gasteiger charge is -2.38. The third-order valence-electron chi connectivity index (χ3n) is 3.98. The summed E-state index contributed by atoms with van der Waals surface area (Å²) in [6, 6.07) is 5.16. The second kappa shape index (κ2) is 5.28. The van der Waals surface area contributed by atoms with Crippen LogP contribution < -0.4 is 15.5 Å². The van der Waals surface area contributed by atoms with E-state index in [9.17, 15) is 9.18 Å². The molecule has 1 unspecified atom stereocenters. The largest absolute Gasteiger partial charge is 0.367 e. The SMILES string of the molecule is CNCc1cc(F)ccc1N1CCN2C(=O)NCC2C1. The minimum atomic E-state index is -0.213. The average Bonchev–Trinajstić information content (AvgIpc) is 2.80. The van der Waals surface area contributed by atoms with Crippen molar-refractivity contribution in [3.8, 4) is 0 Å². The van der Waals surface area contributed by atoms with Gasteiger partial charge >= 0.3 is 6.03 Å². The summed E-state index contributed by atoms with van der Waals surface area (Å²) in [5.41, 5.74) is 2.01. The van der Waals surface area contributed by atoms with Gasteiger partial charge in [0.1, 0.15) is 5.82 Å². The molecule has 0 saturated carbocycles. The molecule has 0 bridgehead atoms. The molecule has 1 aromatic carbocycles. The number of urea groups is 1. The summed E-state index contributed by atoms with van der Waals surface area (Å²) in [5, 5.41) is 5.94. The maximum absolute atomic E-state index is 13.4. The van der Waals surface area contributed by atoms with Crippen LogP contribution in [0.25, 0.3) is 0 Å². The van der Waals surface area contributed by atoms with E-state index in [1.807, 2.05) is 18.0 Å². The Bertz CT molecular complexity index is 522. The molecular formula is C14H19FN4O. The Balaban J connectivity index is 1.81. The van der Waals surface area contributed by atoms with Crippen LogP contribution in [0.3, 0.4) is 0 Å². The smallest absolute Gasteiger partial charge is 0.317 e. The molecule has 2 aliphatic heterocycles. The number of amides is 2. The Hall–Kier alpha value is -1.82. The molecular weight excluding hydrogens is 259 g/mol. The van der Waals surface area contributed by atoms with E-state index >= 15 is 0 Å². The van der Waals surface area contributed by atoms with Gasteiger partial charge in [-0.2, -0.15) is 0 Å². The highest BCUT2D eigenvalue weighted by Gasteiger charge is 2.35. The summed E-state index contributed by atoms with van der Waals surface area (Å²) in [7, 11) is 1.85. The van der Waals surface area contributed by atoms with Crippen LogP contribution in [0.4, 0.5) is 14.9 Å². The van der Waals surface area contributed by atoms with Crippen LogP contribution in [-0.4, -0.2) is 50.2 Å². The molecule has 0 spiro atoms. The van der Waals surface area contributed by atoms with Crippen molar-refractivity contribution < 1.29 is 9.18 Å². The van der Waals surface area contributed by atoms with Gasteiger partial charge in [-0.15, -0.1) is 0 Å². The van der Waals surface area contributed by atoms with Crippen molar-refractivity contribution in [3.05, 3.63) is 29.6 Å². The number of nitrogens with one attached hydrogen (secondary N) is 2. The molecule has 0 radical (unpaired) electrons. The van der Waals surface area contributed by atoms with Gasteiger partial charge in [0.25, 0.3) is 0 Å². The molecule has 6 heteroatoms. The van der Waals surface area contributed by atoms with Crippen LogP contribution in [0, 0.1) is 5.82 Å². The molecule has 20 heavy (non-hydrogen) atoms. The fourth-order valence-electron chi connectivity index (χ4n) is 3.02. The molecule has 1 aromatic rings. The number of piperazine rings is 1. The molecule has 2 aliphatic rings. The summed E-state index contributed by atoms with van der Waals surface area (Å²) in [4.78, 5) is 15.7. The number of fused-ring (bicyclic) bond motifs is 1. The van der Waals surface area contributed by atoms with Gasteiger partial charge in [0.15, 0.2) is 0 Å². The van der Waals surface area contributed by atoms with Crippen molar-refractivity contribution >= 4 is 11.7 Å². The molecule has 2 amide bonds. The van der Waals surface area contributed by atoms with E-state index in [0.717, 1.165) is 24.3 Å². The summed E-state index contributed by atoms with van der Waals surface area (Å²) >= 11 is 0. The molecule has 3 rings (SSSR count). The van der Waals surface area contributed by atoms with E-state index in [-0.39, 0.29) is 17.9 Å². The number of hydrogen-bond acceptors (Lipinski definition) is 3. The first-order valence-corrected chi connectivity index (χ1v) is 6.91. The molecule has 0 aliphatic carbocycles. The Morgan fingerprint density at radius 2 is 2.30 bits per heavy atom. The minimum Gasteiger partial charge on any atom is -0.367 e. The maximum atomic E-state index is 13.4. The second-order valence-corrected chi connectivity index (χ2v) is 5.28. The topological polar surface area (TPSA) is 47.6 Å². The Morgan fingerprint density at radius 3 is 3.10 bits per heavy atom. The normalized spacial score (nSPS) is 21.9. The lowest BCUT2D eigenvalue weighted by atomic mass is 10.1. The first-order chi connectivity index (χ1) is 9.69. The molecule has 2 N–H and O–H groups in total. The van der Waals surface area contributed by atoms with Gasteiger partial charge in [0.05, 0.1) is 6.04 Å². The lowest BCUT2D eigenvalue weighted by Crippen LogP contribution is -2.52. The fourth-order valence-corrected chi connectivity index (χ4v) is 3.02. The molecule has 1 atom stereocenters. The summed E-state index contributed by atoms with van der Waals surface area (Å²) in [5.74, 6) is -0.213. The number of benzene rings is 1. The maximum Gasteiger partial charge on any atom is 0.317 e. The van der Waals surface area contributed by atoms with Gasteiger partial charge in [-0.3, -0.25) is 0 Å². The highest BCUT2D eigenvalue weighted by Crippen LogP contribution is 2.25. The van der Waals surface area contributed by atoms with E-state index in [1.165, 1.54) is 6.07 Å². The van der Waals surface area contributed by atoms with Gasteiger partial charge < -0.3 is 20.4 Å². The molecule has 5 nitrogen and oxygen atoms in total. The molecule has 0 aromatic heterocycles. The number of nitrogens with zero attached hydrogens (tertiary/aromatic N) is 2. The van der Waals surface area contributed by atoms with Gasteiger partial charge in [-0.25, -0.2) is 9.18 Å². The van der Waals surface area contributed by atoms with Crippen LogP contribution in [0.2, 0.25) is 0 Å². The van der Waals surface area contributed by atoms with Crippen molar-refractivity contribution in [3.63, 3.8) is 0 Å². The van der Waals surface area contributed by atoms with Gasteiger partial charge in [0, 0.05) is 38.4 Å². The average molecular weight is 278 g/mol. The zero-order valence-corrected chi connectivity index (χ0v) is 11.5. The quantitative estimate of drug-likeness (QED) is 0.858. The zero-order valence-electron chi connectivity index (χ0n) is 11.5. The standard InChI is InChI=1S/C14H19FN4O/c1-16-7-10-6-11(15)2-3-13(10)18-4-5-19-12(9-18)8-17-14(19)20/h2-3,6,12,16H,4-5,7-9H2,1H3,(H,17,20). The van der Waals surface area contributed by atoms with Crippen LogP contribution in [0.5, 0.6) is 0 Å². The highest BCUT2D eigenvalue weighted by atomic mass is 19.1. The molecule has 108 valence electrons. The third-order valence-corrected chi connectivity index (χ3v) is 3.98. The zero-order chi connectivity index (χ0) is 14.1. The predicted molar refractivity (Wildman–Crippen MR) is 75.3 cm³/mol. The third kappa shape index (κ3) is 2.31. The Morgan fingerprint density at radius 1 is 1.45 bits per heavy atom. The molecule has 2 heterocycles. The van der Waals surface area contributed by atoms with Gasteiger partial charge in [-0.1, -0.05) is 0 Å². The number of carbonyl (C=O) groups is 1. The van der Waals surface area contributed by atoms with E-state index in [2.05, 4.69) is 15.5 Å². The summed E-state index contributed by atoms with van der Waals surface area (Å²) < 4.78 is 13.4. The van der Waals surface area contributed by atoms with Crippen molar-refractivity contribution in [1.82, 2.24) is 15.5 Å². The van der Waals surface area contributed by atoms with Crippen LogP contribution in [0.1, 0.15) is 5.56 Å². The van der Waals surface area contributed by atoms with Gasteiger partial charge in [0.2, 0.25) is 0 Å². The number of rotatable bonds is 3. The minimum absolute atomic E-state index is 0.0317. The lowest BCUT2D eigenvalue weighted by molar-refractivity contribution is 0.197. The van der Waals surface area contributed by atoms with Crippen molar-refractivity contribution in [2.75, 3.05) is 38.1 Å². The molecule has 2 saturated heterocycles. The Kier molecular flexibility index (Phi) is 3.48. The summed E-state index contributed by atoms with van der Waals surface area (Å²) in [6.07, 6.45) is 0. The van der Waals surface area contributed by atoms with E-state index in [1.54, 1.807) is 6.07 Å². The fraction of sp³-hybridized carbons (Fsp3) is 0.500. The van der Waals surface area contributed by atoms with Crippen LogP contribution in [-0.2, 0) is 6.54 Å². The Labute approximate surface area is 117 Å². The van der Waals surface area contributed by atoms with Crippen LogP contribution >= 0.6 is 0 Å². The first kappa shape index (κ1) is 13.2. The van der Waals surface area contributed by atoms with Crippen molar-refractivity contribution in [2.45, 2.75) is 12.6 Å². The van der Waals surface area contributed by atoms with E-state index < -0.39 is 0 Å². The number of hydrogen-bond donors (Lipinski definition) is 2. The van der Waals surface area contributed by atoms with Crippen LogP contribution in [0.15, 0.2) is 18.2 Å². The number of halogens is 1. The predicted octanol–water partition coefficient (Wildman–Crippen LogP) is 0.759. The van der Waals surface area contributed by atoms with Crippen molar-refractivity contribution in [2.24, 2.45) is 0 Å². The van der Waals surface area contributed by atoms with Crippen molar-refractivity contribution in [1.29, 1.82) is 0 Å². The second-order valence-electron chi connectivity index (χ2n) is 5.28.